The highest BCUT2D eigenvalue weighted by Gasteiger charge is 2.23. The Morgan fingerprint density at radius 3 is 1.73 bits per heavy atom. The molecule has 0 radical (unpaired) electrons. The molecule has 0 saturated carbocycles. The van der Waals surface area contributed by atoms with E-state index in [2.05, 4.69) is 214 Å². The van der Waals surface area contributed by atoms with Crippen molar-refractivity contribution in [1.82, 2.24) is 24.1 Å². The summed E-state index contributed by atoms with van der Waals surface area (Å²) < 4.78 is 4.71. The minimum absolute atomic E-state index is 0.910. The van der Waals surface area contributed by atoms with Gasteiger partial charge in [0.1, 0.15) is 5.82 Å². The SMILES string of the molecule is c1ccc(-c2c(-c3ccccc3)n(-c3ccc(-c4nc5ccccc5n4-c4ccccc4)cc3)c3cc4ccc5cc(-c6cccc(-c7ccncc7)n6)ccc5c4cc23)cc1. The minimum atomic E-state index is 0.910. The molecule has 0 aliphatic heterocycles. The molecule has 4 aromatic heterocycles. The van der Waals surface area contributed by atoms with Crippen molar-refractivity contribution < 1.29 is 0 Å². The molecule has 0 unspecified atom stereocenters. The lowest BCUT2D eigenvalue weighted by atomic mass is 9.94. The second-order valence-corrected chi connectivity index (χ2v) is 15.7. The highest BCUT2D eigenvalue weighted by molar-refractivity contribution is 6.17. The fourth-order valence-corrected chi connectivity index (χ4v) is 9.14. The zero-order valence-electron chi connectivity index (χ0n) is 33.6. The molecule has 5 heteroatoms. The fourth-order valence-electron chi connectivity index (χ4n) is 9.14. The number of nitrogens with zero attached hydrogens (tertiary/aromatic N) is 5. The molecule has 62 heavy (non-hydrogen) atoms. The Labute approximate surface area is 358 Å². The van der Waals surface area contributed by atoms with Crippen LogP contribution in [0.5, 0.6) is 0 Å². The van der Waals surface area contributed by atoms with Gasteiger partial charge < -0.3 is 4.57 Å². The summed E-state index contributed by atoms with van der Waals surface area (Å²) in [4.78, 5) is 14.4. The number of imidazole rings is 1. The summed E-state index contributed by atoms with van der Waals surface area (Å²) >= 11 is 0. The summed E-state index contributed by atoms with van der Waals surface area (Å²) in [6, 6.07) is 75.6. The van der Waals surface area contributed by atoms with Crippen LogP contribution in [0.1, 0.15) is 0 Å². The van der Waals surface area contributed by atoms with Crippen LogP contribution in [0.4, 0.5) is 0 Å². The third-order valence-corrected chi connectivity index (χ3v) is 12.0. The molecular formula is C57H37N5. The molecule has 0 spiro atoms. The zero-order valence-corrected chi connectivity index (χ0v) is 33.6. The van der Waals surface area contributed by atoms with Crippen LogP contribution in [0, 0.1) is 0 Å². The van der Waals surface area contributed by atoms with Gasteiger partial charge in [0, 0.05) is 51.4 Å². The number of pyridine rings is 2. The lowest BCUT2D eigenvalue weighted by Gasteiger charge is -2.15. The van der Waals surface area contributed by atoms with E-state index in [1.807, 2.05) is 24.5 Å². The number of rotatable bonds is 7. The Morgan fingerprint density at radius 2 is 0.968 bits per heavy atom. The molecular weight excluding hydrogens is 755 g/mol. The molecule has 0 atom stereocenters. The van der Waals surface area contributed by atoms with Crippen LogP contribution < -0.4 is 0 Å². The molecule has 0 fully saturated rings. The second-order valence-electron chi connectivity index (χ2n) is 15.7. The van der Waals surface area contributed by atoms with Gasteiger partial charge in [-0.05, 0) is 124 Å². The Balaban J connectivity index is 1.06. The quantitative estimate of drug-likeness (QED) is 0.151. The Morgan fingerprint density at radius 1 is 0.339 bits per heavy atom. The van der Waals surface area contributed by atoms with Crippen LogP contribution in [0.3, 0.4) is 0 Å². The highest BCUT2D eigenvalue weighted by atomic mass is 15.1. The van der Waals surface area contributed by atoms with E-state index >= 15 is 0 Å². The van der Waals surface area contributed by atoms with Crippen molar-refractivity contribution in [1.29, 1.82) is 0 Å². The molecule has 8 aromatic carbocycles. The molecule has 0 bridgehead atoms. The van der Waals surface area contributed by atoms with Gasteiger partial charge >= 0.3 is 0 Å². The number of hydrogen-bond acceptors (Lipinski definition) is 3. The van der Waals surface area contributed by atoms with Gasteiger partial charge in [-0.1, -0.05) is 121 Å². The van der Waals surface area contributed by atoms with Gasteiger partial charge in [0.15, 0.2) is 0 Å². The number of benzene rings is 8. The van der Waals surface area contributed by atoms with Gasteiger partial charge in [-0.25, -0.2) is 9.97 Å². The smallest absolute Gasteiger partial charge is 0.145 e. The van der Waals surface area contributed by atoms with Crippen molar-refractivity contribution >= 4 is 43.5 Å². The number of hydrogen-bond donors (Lipinski definition) is 0. The highest BCUT2D eigenvalue weighted by Crippen LogP contribution is 2.45. The van der Waals surface area contributed by atoms with Gasteiger partial charge in [0.2, 0.25) is 0 Å². The van der Waals surface area contributed by atoms with Crippen LogP contribution in [-0.2, 0) is 0 Å². The molecule has 0 amide bonds. The standard InChI is InChI=1S/C57H37N5/c1-4-13-39(14-5-1)55-49-37-48-43(24-23-42-35-44(27-30-47(42)48)51-21-12-20-50(59-51)38-31-33-58-34-32-38)36-54(49)61(56(55)40-15-6-2-7-16-40)46-28-25-41(26-29-46)57-60-52-19-10-11-22-53(52)62(57)45-17-8-3-9-18-45/h1-37H. The van der Waals surface area contributed by atoms with Gasteiger partial charge in [0.25, 0.3) is 0 Å². The molecule has 0 aliphatic carbocycles. The number of fused-ring (bicyclic) bond motifs is 5. The van der Waals surface area contributed by atoms with E-state index < -0.39 is 0 Å². The lowest BCUT2D eigenvalue weighted by Crippen LogP contribution is -1.99. The zero-order chi connectivity index (χ0) is 41.0. The molecule has 4 heterocycles. The molecule has 5 nitrogen and oxygen atoms in total. The van der Waals surface area contributed by atoms with E-state index in [1.165, 1.54) is 38.1 Å². The van der Waals surface area contributed by atoms with Crippen LogP contribution in [-0.4, -0.2) is 24.1 Å². The summed E-state index contributed by atoms with van der Waals surface area (Å²) in [7, 11) is 0. The molecule has 290 valence electrons. The first-order valence-corrected chi connectivity index (χ1v) is 20.9. The fraction of sp³-hybridized carbons (Fsp3) is 0. The normalized spacial score (nSPS) is 11.5. The molecule has 0 N–H and O–H groups in total. The van der Waals surface area contributed by atoms with Crippen LogP contribution in [0.25, 0.3) is 111 Å². The maximum atomic E-state index is 5.17. The predicted molar refractivity (Wildman–Crippen MR) is 256 cm³/mol. The van der Waals surface area contributed by atoms with Gasteiger partial charge in [-0.2, -0.15) is 0 Å². The Hall–Kier alpha value is -8.41. The maximum Gasteiger partial charge on any atom is 0.145 e. The Kier molecular flexibility index (Phi) is 8.42. The van der Waals surface area contributed by atoms with Crippen molar-refractivity contribution in [3.8, 4) is 67.7 Å². The first-order chi connectivity index (χ1) is 30.7. The largest absolute Gasteiger partial charge is 0.309 e. The summed E-state index contributed by atoms with van der Waals surface area (Å²) in [6.07, 6.45) is 3.62. The third kappa shape index (κ3) is 5.98. The average molecular weight is 792 g/mol. The van der Waals surface area contributed by atoms with Crippen molar-refractivity contribution in [3.63, 3.8) is 0 Å². The first-order valence-electron chi connectivity index (χ1n) is 20.9. The first kappa shape index (κ1) is 35.5. The summed E-state index contributed by atoms with van der Waals surface area (Å²) in [6.45, 7) is 0. The van der Waals surface area contributed by atoms with E-state index in [1.54, 1.807) is 0 Å². The average Bonchev–Trinajstić information content (AvgIpc) is 3.91. The van der Waals surface area contributed by atoms with Crippen LogP contribution in [0.15, 0.2) is 225 Å². The lowest BCUT2D eigenvalue weighted by molar-refractivity contribution is 1.10. The predicted octanol–water partition coefficient (Wildman–Crippen LogP) is 14.4. The third-order valence-electron chi connectivity index (χ3n) is 12.0. The molecule has 12 aromatic rings. The van der Waals surface area contributed by atoms with Crippen molar-refractivity contribution in [2.45, 2.75) is 0 Å². The number of aromatic nitrogens is 5. The monoisotopic (exact) mass is 791 g/mol. The topological polar surface area (TPSA) is 48.5 Å². The van der Waals surface area contributed by atoms with Gasteiger partial charge in [0.05, 0.1) is 33.6 Å². The van der Waals surface area contributed by atoms with E-state index in [0.717, 1.165) is 73.1 Å². The van der Waals surface area contributed by atoms with Crippen molar-refractivity contribution in [2.75, 3.05) is 0 Å². The van der Waals surface area contributed by atoms with E-state index in [4.69, 9.17) is 9.97 Å². The van der Waals surface area contributed by atoms with E-state index in [9.17, 15) is 0 Å². The summed E-state index contributed by atoms with van der Waals surface area (Å²) in [5.74, 6) is 0.910. The van der Waals surface area contributed by atoms with Gasteiger partial charge in [-0.15, -0.1) is 0 Å². The summed E-state index contributed by atoms with van der Waals surface area (Å²) in [5.41, 5.74) is 15.1. The molecule has 0 saturated heterocycles. The molecule has 12 rings (SSSR count). The van der Waals surface area contributed by atoms with Crippen molar-refractivity contribution in [2.24, 2.45) is 0 Å². The second kappa shape index (κ2) is 14.7. The summed E-state index contributed by atoms with van der Waals surface area (Å²) in [5, 5.41) is 5.97. The minimum Gasteiger partial charge on any atom is -0.309 e. The van der Waals surface area contributed by atoms with Crippen molar-refractivity contribution in [3.05, 3.63) is 225 Å². The molecule has 0 aliphatic rings. The van der Waals surface area contributed by atoms with E-state index in [0.29, 0.717) is 0 Å². The maximum absolute atomic E-state index is 5.17. The van der Waals surface area contributed by atoms with Crippen LogP contribution in [0.2, 0.25) is 0 Å². The van der Waals surface area contributed by atoms with E-state index in [-0.39, 0.29) is 0 Å². The number of para-hydroxylation sites is 3. The van der Waals surface area contributed by atoms with Gasteiger partial charge in [-0.3, -0.25) is 9.55 Å². The van der Waals surface area contributed by atoms with Crippen LogP contribution >= 0.6 is 0 Å². The Bertz CT molecular complexity index is 3590.